The number of ether oxygens (including phenoxy) is 2. The number of hydrogen-bond donors (Lipinski definition) is 1. The molecule has 5 rings (SSSR count). The molecule has 2 aromatic carbocycles. The van der Waals surface area contributed by atoms with Crippen LogP contribution in [0, 0.1) is 5.92 Å². The minimum absolute atomic E-state index is 0.109. The number of rotatable bonds is 10. The fourth-order valence-electron chi connectivity index (χ4n) is 5.28. The Balaban J connectivity index is 1.46. The molecule has 1 atom stereocenters. The van der Waals surface area contributed by atoms with Gasteiger partial charge in [0.15, 0.2) is 5.82 Å². The lowest BCUT2D eigenvalue weighted by Gasteiger charge is -2.41. The van der Waals surface area contributed by atoms with Gasteiger partial charge in [-0.3, -0.25) is 0 Å². The summed E-state index contributed by atoms with van der Waals surface area (Å²) in [6.45, 7) is 8.79. The van der Waals surface area contributed by atoms with Crippen LogP contribution in [0.5, 0.6) is 5.75 Å². The van der Waals surface area contributed by atoms with Crippen LogP contribution in [0.3, 0.4) is 0 Å². The fraction of sp³-hybridized carbons (Fsp3) is 0.394. The number of hydrogen-bond acceptors (Lipinski definition) is 6. The van der Waals surface area contributed by atoms with E-state index in [0.717, 1.165) is 47.2 Å². The average molecular weight is 669 g/mol. The van der Waals surface area contributed by atoms with Crippen LogP contribution >= 0.6 is 15.9 Å². The summed E-state index contributed by atoms with van der Waals surface area (Å²) in [5.41, 5.74) is 2.64. The molecule has 1 aliphatic carbocycles. The number of allylic oxidation sites excluding steroid dienone is 1. The van der Waals surface area contributed by atoms with Crippen molar-refractivity contribution in [3.05, 3.63) is 83.1 Å². The maximum absolute atomic E-state index is 13.2. The Labute approximate surface area is 264 Å². The number of benzene rings is 2. The van der Waals surface area contributed by atoms with E-state index in [1.54, 1.807) is 24.5 Å². The van der Waals surface area contributed by atoms with E-state index in [-0.39, 0.29) is 18.2 Å². The van der Waals surface area contributed by atoms with Gasteiger partial charge < -0.3 is 19.4 Å². The molecule has 1 N–H and O–H groups in total. The molecule has 1 fully saturated rings. The van der Waals surface area contributed by atoms with Crippen LogP contribution < -0.4 is 10.1 Å². The molecule has 44 heavy (non-hydrogen) atoms. The van der Waals surface area contributed by atoms with E-state index < -0.39 is 23.8 Å². The standard InChI is InChI=1S/C33H36BrF2N5O3/c1-6-20(2)15-28-39-25-16-21(11-12-26(25)41(28)19-23-24(34)9-7-10-27(23)43-30(35)36)22-17-37-29(38-18-22)33(13-8-14-33)40-31(42)44-32(3,4)5/h6-7,9-12,16-18,20,30H,1,8,13-15,19H2,2-5H3,(H,40,42). The van der Waals surface area contributed by atoms with Crippen LogP contribution in [0.15, 0.2) is 65.9 Å². The highest BCUT2D eigenvalue weighted by atomic mass is 79.9. The summed E-state index contributed by atoms with van der Waals surface area (Å²) in [6.07, 6.45) is 7.95. The van der Waals surface area contributed by atoms with Gasteiger partial charge in [0, 0.05) is 34.4 Å². The van der Waals surface area contributed by atoms with Crippen molar-refractivity contribution >= 4 is 33.1 Å². The number of alkyl carbamates (subject to hydrolysis) is 1. The Morgan fingerprint density at radius 1 is 1.18 bits per heavy atom. The minimum atomic E-state index is -2.94. The maximum atomic E-state index is 13.2. The lowest BCUT2D eigenvalue weighted by molar-refractivity contribution is -0.0505. The third-order valence-electron chi connectivity index (χ3n) is 7.70. The molecule has 232 valence electrons. The fourth-order valence-corrected chi connectivity index (χ4v) is 5.75. The normalized spacial score (nSPS) is 15.1. The van der Waals surface area contributed by atoms with Crippen molar-refractivity contribution in [1.29, 1.82) is 0 Å². The molecule has 4 aromatic rings. The molecule has 0 aliphatic heterocycles. The number of carbonyl (C=O) groups is 1. The number of fused-ring (bicyclic) bond motifs is 1. The third kappa shape index (κ3) is 6.93. The molecule has 1 amide bonds. The van der Waals surface area contributed by atoms with Crippen LogP contribution in [0.4, 0.5) is 13.6 Å². The summed E-state index contributed by atoms with van der Waals surface area (Å²) < 4.78 is 39.4. The molecule has 0 radical (unpaired) electrons. The number of aromatic nitrogens is 4. The summed E-state index contributed by atoms with van der Waals surface area (Å²) in [5, 5.41) is 2.99. The first-order valence-corrected chi connectivity index (χ1v) is 15.3. The van der Waals surface area contributed by atoms with Crippen LogP contribution in [0.25, 0.3) is 22.2 Å². The van der Waals surface area contributed by atoms with Gasteiger partial charge in [-0.25, -0.2) is 19.7 Å². The van der Waals surface area contributed by atoms with Gasteiger partial charge in [-0.2, -0.15) is 8.78 Å². The number of halogens is 3. The topological polar surface area (TPSA) is 91.2 Å². The minimum Gasteiger partial charge on any atom is -0.444 e. The largest absolute Gasteiger partial charge is 0.444 e. The van der Waals surface area contributed by atoms with Crippen LogP contribution in [-0.2, 0) is 23.2 Å². The molecule has 1 unspecified atom stereocenters. The third-order valence-corrected chi connectivity index (χ3v) is 8.45. The quantitative estimate of drug-likeness (QED) is 0.172. The highest BCUT2D eigenvalue weighted by Gasteiger charge is 2.43. The zero-order chi connectivity index (χ0) is 31.6. The lowest BCUT2D eigenvalue weighted by atomic mass is 9.76. The Bertz CT molecular complexity index is 1660. The number of nitrogens with zero attached hydrogens (tertiary/aromatic N) is 4. The van der Waals surface area contributed by atoms with Crippen LogP contribution in [0.2, 0.25) is 0 Å². The van der Waals surface area contributed by atoms with Crippen LogP contribution in [-0.4, -0.2) is 37.8 Å². The maximum Gasteiger partial charge on any atom is 0.408 e. The molecule has 2 heterocycles. The molecule has 0 bridgehead atoms. The Morgan fingerprint density at radius 3 is 2.52 bits per heavy atom. The van der Waals surface area contributed by atoms with Crippen molar-refractivity contribution in [2.24, 2.45) is 5.92 Å². The van der Waals surface area contributed by atoms with Gasteiger partial charge in [-0.1, -0.05) is 41.1 Å². The summed E-state index contributed by atoms with van der Waals surface area (Å²) >= 11 is 3.51. The second-order valence-corrected chi connectivity index (χ2v) is 13.0. The van der Waals surface area contributed by atoms with Crippen LogP contribution in [0.1, 0.15) is 64.2 Å². The molecular formula is C33H36BrF2N5O3. The van der Waals surface area contributed by atoms with E-state index >= 15 is 0 Å². The predicted molar refractivity (Wildman–Crippen MR) is 169 cm³/mol. The molecule has 8 nitrogen and oxygen atoms in total. The molecule has 0 saturated heterocycles. The second kappa shape index (κ2) is 12.6. The summed E-state index contributed by atoms with van der Waals surface area (Å²) in [5.74, 6) is 1.61. The SMILES string of the molecule is C=CC(C)Cc1nc2cc(-c3cnc(C4(NC(=O)OC(C)(C)C)CCC4)nc3)ccc2n1Cc1c(Br)cccc1OC(F)F. The smallest absolute Gasteiger partial charge is 0.408 e. The van der Waals surface area contributed by atoms with E-state index in [1.807, 2.05) is 49.6 Å². The molecule has 0 spiro atoms. The highest BCUT2D eigenvalue weighted by Crippen LogP contribution is 2.40. The van der Waals surface area contributed by atoms with Crippen molar-refractivity contribution < 1.29 is 23.0 Å². The Kier molecular flexibility index (Phi) is 9.06. The van der Waals surface area contributed by atoms with Crippen molar-refractivity contribution in [2.75, 3.05) is 0 Å². The van der Waals surface area contributed by atoms with Gasteiger partial charge >= 0.3 is 12.7 Å². The number of nitrogens with one attached hydrogen (secondary N) is 1. The second-order valence-electron chi connectivity index (χ2n) is 12.2. The van der Waals surface area contributed by atoms with Crippen molar-refractivity contribution in [1.82, 2.24) is 24.8 Å². The molecular weight excluding hydrogens is 632 g/mol. The zero-order valence-electron chi connectivity index (χ0n) is 25.2. The molecule has 1 aliphatic rings. The molecule has 11 heteroatoms. The van der Waals surface area contributed by atoms with Crippen molar-refractivity contribution in [3.8, 4) is 16.9 Å². The first-order valence-electron chi connectivity index (χ1n) is 14.6. The number of amides is 1. The molecule has 1 saturated carbocycles. The van der Waals surface area contributed by atoms with E-state index in [1.165, 1.54) is 6.07 Å². The molecule has 2 aromatic heterocycles. The first kappa shape index (κ1) is 31.6. The van der Waals surface area contributed by atoms with E-state index in [4.69, 9.17) is 14.5 Å². The van der Waals surface area contributed by atoms with E-state index in [0.29, 0.717) is 22.3 Å². The zero-order valence-corrected chi connectivity index (χ0v) is 26.8. The first-order chi connectivity index (χ1) is 20.9. The van der Waals surface area contributed by atoms with Gasteiger partial charge in [0.25, 0.3) is 0 Å². The summed E-state index contributed by atoms with van der Waals surface area (Å²) in [7, 11) is 0. The van der Waals surface area contributed by atoms with E-state index in [2.05, 4.69) is 44.7 Å². The predicted octanol–water partition coefficient (Wildman–Crippen LogP) is 8.17. The average Bonchev–Trinajstić information content (AvgIpc) is 3.27. The number of alkyl halides is 2. The van der Waals surface area contributed by atoms with Gasteiger partial charge in [0.05, 0.1) is 17.6 Å². The van der Waals surface area contributed by atoms with Gasteiger partial charge in [0.1, 0.15) is 22.7 Å². The lowest BCUT2D eigenvalue weighted by Crippen LogP contribution is -2.53. The van der Waals surface area contributed by atoms with Gasteiger partial charge in [-0.05, 0) is 75.8 Å². The Morgan fingerprint density at radius 2 is 1.91 bits per heavy atom. The summed E-state index contributed by atoms with van der Waals surface area (Å²) in [6, 6.07) is 10.9. The van der Waals surface area contributed by atoms with Gasteiger partial charge in [0.2, 0.25) is 0 Å². The van der Waals surface area contributed by atoms with Crippen molar-refractivity contribution in [2.45, 2.75) is 77.7 Å². The number of carbonyl (C=O) groups excluding carboxylic acids is 1. The van der Waals surface area contributed by atoms with Gasteiger partial charge in [-0.15, -0.1) is 6.58 Å². The van der Waals surface area contributed by atoms with Crippen molar-refractivity contribution in [3.63, 3.8) is 0 Å². The Hall–Kier alpha value is -3.86. The van der Waals surface area contributed by atoms with E-state index in [9.17, 15) is 13.6 Å². The highest BCUT2D eigenvalue weighted by molar-refractivity contribution is 9.10. The number of imidazole rings is 1. The monoisotopic (exact) mass is 667 g/mol. The summed E-state index contributed by atoms with van der Waals surface area (Å²) in [4.78, 5) is 26.8.